The molecule has 0 bridgehead atoms. The van der Waals surface area contributed by atoms with Crippen molar-refractivity contribution in [1.29, 1.82) is 5.26 Å². The van der Waals surface area contributed by atoms with Gasteiger partial charge in [0.2, 0.25) is 0 Å². The third kappa shape index (κ3) is 5.60. The molecule has 0 fully saturated rings. The predicted octanol–water partition coefficient (Wildman–Crippen LogP) is 2.41. The molecule has 0 aliphatic carbocycles. The van der Waals surface area contributed by atoms with E-state index >= 15 is 0 Å². The maximum Gasteiger partial charge on any atom is 0.0656 e. The number of aliphatic imine (C=N–C) groups is 1. The molecule has 0 heterocycles. The largest absolute Gasteiger partial charge is 0.297 e. The van der Waals surface area contributed by atoms with Gasteiger partial charge in [0.25, 0.3) is 0 Å². The van der Waals surface area contributed by atoms with E-state index in [0.29, 0.717) is 0 Å². The van der Waals surface area contributed by atoms with Crippen LogP contribution < -0.4 is 0 Å². The molecule has 0 aromatic rings. The standard InChI is InChI=1S/C9H16N2/c1-3-6-11-7-5-9(4-2)8-10/h6,9H,3-5,7H2,1-2H3. The number of hydrogen-bond acceptors (Lipinski definition) is 2. The average Bonchev–Trinajstić information content (AvgIpc) is 2.05. The summed E-state index contributed by atoms with van der Waals surface area (Å²) in [4.78, 5) is 4.15. The van der Waals surface area contributed by atoms with Crippen molar-refractivity contribution in [1.82, 2.24) is 0 Å². The normalized spacial score (nSPS) is 13.2. The number of rotatable bonds is 5. The molecule has 0 aromatic heterocycles. The highest BCUT2D eigenvalue weighted by Gasteiger charge is 2.01. The highest BCUT2D eigenvalue weighted by molar-refractivity contribution is 5.56. The van der Waals surface area contributed by atoms with Gasteiger partial charge in [-0.2, -0.15) is 5.26 Å². The molecule has 1 unspecified atom stereocenters. The van der Waals surface area contributed by atoms with Crippen LogP contribution in [0.1, 0.15) is 33.1 Å². The van der Waals surface area contributed by atoms with Crippen molar-refractivity contribution >= 4 is 6.21 Å². The molecule has 1 atom stereocenters. The highest BCUT2D eigenvalue weighted by Crippen LogP contribution is 2.05. The fourth-order valence-corrected chi connectivity index (χ4v) is 0.811. The second kappa shape index (κ2) is 7.27. The summed E-state index contributed by atoms with van der Waals surface area (Å²) in [6.07, 6.45) is 4.75. The van der Waals surface area contributed by atoms with Gasteiger partial charge in [0.1, 0.15) is 0 Å². The van der Waals surface area contributed by atoms with Crippen molar-refractivity contribution in [2.75, 3.05) is 6.54 Å². The van der Waals surface area contributed by atoms with Crippen molar-refractivity contribution in [2.24, 2.45) is 10.9 Å². The molecule has 0 saturated heterocycles. The monoisotopic (exact) mass is 152 g/mol. The van der Waals surface area contributed by atoms with Gasteiger partial charge in [-0.25, -0.2) is 0 Å². The minimum atomic E-state index is 0.198. The van der Waals surface area contributed by atoms with Crippen LogP contribution in [0.3, 0.4) is 0 Å². The zero-order valence-electron chi connectivity index (χ0n) is 7.38. The molecule has 11 heavy (non-hydrogen) atoms. The van der Waals surface area contributed by atoms with E-state index in [4.69, 9.17) is 5.26 Å². The quantitative estimate of drug-likeness (QED) is 0.557. The molecule has 2 nitrogen and oxygen atoms in total. The zero-order chi connectivity index (χ0) is 8.53. The lowest BCUT2D eigenvalue weighted by Gasteiger charge is -2.00. The second-order valence-electron chi connectivity index (χ2n) is 2.52. The third-order valence-electron chi connectivity index (χ3n) is 1.59. The van der Waals surface area contributed by atoms with E-state index in [1.54, 1.807) is 0 Å². The Morgan fingerprint density at radius 2 is 2.27 bits per heavy atom. The van der Waals surface area contributed by atoms with E-state index in [0.717, 1.165) is 25.8 Å². The van der Waals surface area contributed by atoms with E-state index in [1.165, 1.54) is 0 Å². The molecular weight excluding hydrogens is 136 g/mol. The maximum absolute atomic E-state index is 8.58. The van der Waals surface area contributed by atoms with Crippen molar-refractivity contribution in [3.8, 4) is 6.07 Å². The predicted molar refractivity (Wildman–Crippen MR) is 47.7 cm³/mol. The summed E-state index contributed by atoms with van der Waals surface area (Å²) in [5.41, 5.74) is 0. The van der Waals surface area contributed by atoms with Gasteiger partial charge in [-0.15, -0.1) is 0 Å². The average molecular weight is 152 g/mol. The summed E-state index contributed by atoms with van der Waals surface area (Å²) in [6.45, 7) is 4.91. The van der Waals surface area contributed by atoms with Gasteiger partial charge in [0.15, 0.2) is 0 Å². The van der Waals surface area contributed by atoms with Crippen molar-refractivity contribution < 1.29 is 0 Å². The van der Waals surface area contributed by atoms with E-state index in [2.05, 4.69) is 18.0 Å². The number of nitriles is 1. The Morgan fingerprint density at radius 1 is 1.55 bits per heavy atom. The fraction of sp³-hybridized carbons (Fsp3) is 0.778. The van der Waals surface area contributed by atoms with E-state index in [-0.39, 0.29) is 5.92 Å². The summed E-state index contributed by atoms with van der Waals surface area (Å²) < 4.78 is 0. The minimum absolute atomic E-state index is 0.198. The van der Waals surface area contributed by atoms with Crippen LogP contribution in [0, 0.1) is 17.2 Å². The van der Waals surface area contributed by atoms with Crippen LogP contribution in [0.15, 0.2) is 4.99 Å². The van der Waals surface area contributed by atoms with Crippen LogP contribution >= 0.6 is 0 Å². The first-order chi connectivity index (χ1) is 5.35. The molecule has 0 aromatic carbocycles. The Bertz CT molecular complexity index is 144. The Hall–Kier alpha value is -0.840. The Morgan fingerprint density at radius 3 is 2.73 bits per heavy atom. The van der Waals surface area contributed by atoms with Crippen LogP contribution in [0.4, 0.5) is 0 Å². The lowest BCUT2D eigenvalue weighted by Crippen LogP contribution is -1.96. The second-order valence-corrected chi connectivity index (χ2v) is 2.52. The first-order valence-electron chi connectivity index (χ1n) is 4.23. The van der Waals surface area contributed by atoms with E-state index in [9.17, 15) is 0 Å². The molecule has 0 rings (SSSR count). The molecule has 2 heteroatoms. The molecule has 0 spiro atoms. The molecule has 0 radical (unpaired) electrons. The first kappa shape index (κ1) is 10.2. The first-order valence-corrected chi connectivity index (χ1v) is 4.23. The van der Waals surface area contributed by atoms with Gasteiger partial charge < -0.3 is 0 Å². The van der Waals surface area contributed by atoms with Gasteiger partial charge >= 0.3 is 0 Å². The van der Waals surface area contributed by atoms with Crippen molar-refractivity contribution in [2.45, 2.75) is 33.1 Å². The molecular formula is C9H16N2. The van der Waals surface area contributed by atoms with Crippen LogP contribution in [0.2, 0.25) is 0 Å². The van der Waals surface area contributed by atoms with Crippen LogP contribution in [-0.4, -0.2) is 12.8 Å². The van der Waals surface area contributed by atoms with Crippen molar-refractivity contribution in [3.63, 3.8) is 0 Å². The molecule has 0 aliphatic rings. The number of nitrogens with zero attached hydrogens (tertiary/aromatic N) is 2. The SMILES string of the molecule is CCC=NCCC(C#N)CC. The van der Waals surface area contributed by atoms with Crippen LogP contribution in [0.25, 0.3) is 0 Å². The fourth-order valence-electron chi connectivity index (χ4n) is 0.811. The van der Waals surface area contributed by atoms with Gasteiger partial charge in [0.05, 0.1) is 6.07 Å². The van der Waals surface area contributed by atoms with Gasteiger partial charge in [-0.3, -0.25) is 4.99 Å². The van der Waals surface area contributed by atoms with E-state index < -0.39 is 0 Å². The summed E-state index contributed by atoms with van der Waals surface area (Å²) in [7, 11) is 0. The Kier molecular flexibility index (Phi) is 6.71. The molecule has 0 N–H and O–H groups in total. The maximum atomic E-state index is 8.58. The Balaban J connectivity index is 3.37. The van der Waals surface area contributed by atoms with E-state index in [1.807, 2.05) is 13.1 Å². The van der Waals surface area contributed by atoms with Crippen LogP contribution in [0.5, 0.6) is 0 Å². The zero-order valence-corrected chi connectivity index (χ0v) is 7.38. The van der Waals surface area contributed by atoms with Crippen LogP contribution in [-0.2, 0) is 0 Å². The van der Waals surface area contributed by atoms with Gasteiger partial charge in [-0.1, -0.05) is 13.8 Å². The molecule has 0 aliphatic heterocycles. The Labute approximate surface area is 68.9 Å². The summed E-state index contributed by atoms with van der Waals surface area (Å²) >= 11 is 0. The summed E-state index contributed by atoms with van der Waals surface area (Å²) in [5.74, 6) is 0.198. The third-order valence-corrected chi connectivity index (χ3v) is 1.59. The topological polar surface area (TPSA) is 36.1 Å². The molecule has 0 amide bonds. The van der Waals surface area contributed by atoms with Gasteiger partial charge in [-0.05, 0) is 25.5 Å². The highest BCUT2D eigenvalue weighted by atomic mass is 14.7. The van der Waals surface area contributed by atoms with Gasteiger partial charge in [0, 0.05) is 12.5 Å². The summed E-state index contributed by atoms with van der Waals surface area (Å²) in [5, 5.41) is 8.58. The number of hydrogen-bond donors (Lipinski definition) is 0. The molecule has 62 valence electrons. The minimum Gasteiger partial charge on any atom is -0.297 e. The lowest BCUT2D eigenvalue weighted by molar-refractivity contribution is 0.594. The lowest BCUT2D eigenvalue weighted by atomic mass is 10.1. The molecule has 0 saturated carbocycles. The smallest absolute Gasteiger partial charge is 0.0656 e. The summed E-state index contributed by atoms with van der Waals surface area (Å²) in [6, 6.07) is 2.25. The van der Waals surface area contributed by atoms with Crippen molar-refractivity contribution in [3.05, 3.63) is 0 Å².